The molecule has 2 fully saturated rings. The number of rotatable bonds is 6. The average molecular weight is 530 g/mol. The van der Waals surface area contributed by atoms with Crippen molar-refractivity contribution in [3.63, 3.8) is 0 Å². The summed E-state index contributed by atoms with van der Waals surface area (Å²) in [7, 11) is 0. The molecule has 39 heavy (non-hydrogen) atoms. The van der Waals surface area contributed by atoms with E-state index in [9.17, 15) is 13.6 Å². The third-order valence-corrected chi connectivity index (χ3v) is 8.32. The number of imidazole rings is 1. The van der Waals surface area contributed by atoms with Crippen LogP contribution in [-0.2, 0) is 17.7 Å². The van der Waals surface area contributed by atoms with Crippen LogP contribution in [0.3, 0.4) is 0 Å². The predicted molar refractivity (Wildman–Crippen MR) is 143 cm³/mol. The molecule has 7 rings (SSSR count). The summed E-state index contributed by atoms with van der Waals surface area (Å²) in [6, 6.07) is 10.7. The van der Waals surface area contributed by atoms with Gasteiger partial charge >= 0.3 is 0 Å². The first-order valence-electron chi connectivity index (χ1n) is 13.6. The molecule has 200 valence electrons. The average Bonchev–Trinajstić information content (AvgIpc) is 3.73. The van der Waals surface area contributed by atoms with Gasteiger partial charge in [0.25, 0.3) is 5.91 Å². The molecule has 2 N–H and O–H groups in total. The molecule has 1 amide bonds. The van der Waals surface area contributed by atoms with Crippen molar-refractivity contribution in [3.8, 4) is 11.3 Å². The summed E-state index contributed by atoms with van der Waals surface area (Å²) in [6.07, 6.45) is 6.42. The van der Waals surface area contributed by atoms with Gasteiger partial charge in [0.05, 0.1) is 29.7 Å². The number of amides is 1. The summed E-state index contributed by atoms with van der Waals surface area (Å²) in [5.74, 6) is 0.739. The van der Waals surface area contributed by atoms with Gasteiger partial charge in [0.15, 0.2) is 0 Å². The van der Waals surface area contributed by atoms with Gasteiger partial charge in [0, 0.05) is 42.6 Å². The van der Waals surface area contributed by atoms with E-state index < -0.39 is 6.17 Å². The fraction of sp³-hybridized carbons (Fsp3) is 0.367. The van der Waals surface area contributed by atoms with Gasteiger partial charge in [-0.2, -0.15) is 0 Å². The summed E-state index contributed by atoms with van der Waals surface area (Å²) in [5.41, 5.74) is 6.42. The van der Waals surface area contributed by atoms with E-state index in [1.54, 1.807) is 12.4 Å². The highest BCUT2D eigenvalue weighted by Gasteiger charge is 2.30. The smallest absolute Gasteiger partial charge is 0.254 e. The van der Waals surface area contributed by atoms with E-state index in [2.05, 4.69) is 21.7 Å². The molecule has 7 nitrogen and oxygen atoms in total. The van der Waals surface area contributed by atoms with Crippen LogP contribution in [0.4, 0.5) is 20.3 Å². The number of aromatic nitrogens is 3. The van der Waals surface area contributed by atoms with Crippen molar-refractivity contribution in [1.82, 2.24) is 19.7 Å². The van der Waals surface area contributed by atoms with E-state index in [4.69, 9.17) is 9.72 Å². The third kappa shape index (κ3) is 4.44. The molecule has 1 aromatic carbocycles. The zero-order valence-corrected chi connectivity index (χ0v) is 21.4. The van der Waals surface area contributed by atoms with E-state index in [0.717, 1.165) is 48.4 Å². The standard InChI is InChI=1S/C30H29F2N5O2/c31-19-2-1-17(11-19)12-25-21(18-8-10-39-16-18)4-6-27(36-25)35-24-5-3-22(23-14-34-30(38)29(23)24)26-15-33-28-13-20(32)7-9-37(26)28/h3-7,9,13,15,17-19H,1-2,8,10-12,14,16H2,(H,34,38)(H,35,36)/t17?,18-,19+/m0/s1. The van der Waals surface area contributed by atoms with Gasteiger partial charge in [0.2, 0.25) is 0 Å². The number of pyridine rings is 2. The van der Waals surface area contributed by atoms with Gasteiger partial charge in [-0.1, -0.05) is 12.1 Å². The molecule has 0 radical (unpaired) electrons. The predicted octanol–water partition coefficient (Wildman–Crippen LogP) is 5.71. The maximum atomic E-state index is 13.9. The van der Waals surface area contributed by atoms with Crippen LogP contribution in [0.2, 0.25) is 0 Å². The SMILES string of the molecule is O=C1NCc2c(-c3cnc4cc(F)ccn34)ccc(Nc3ccc([C@H]4CCOC4)c(CC4CC[C@@H](F)C4)n3)c21. The molecule has 1 unspecified atom stereocenters. The Bertz CT molecular complexity index is 1580. The first-order valence-corrected chi connectivity index (χ1v) is 13.6. The van der Waals surface area contributed by atoms with Crippen LogP contribution in [0.15, 0.2) is 48.8 Å². The van der Waals surface area contributed by atoms with Crippen molar-refractivity contribution in [3.05, 3.63) is 77.0 Å². The molecule has 9 heteroatoms. The van der Waals surface area contributed by atoms with Crippen LogP contribution >= 0.6 is 0 Å². The molecule has 1 saturated heterocycles. The number of carbonyl (C=O) groups is 1. The minimum absolute atomic E-state index is 0.158. The zero-order valence-electron chi connectivity index (χ0n) is 21.4. The van der Waals surface area contributed by atoms with E-state index in [1.807, 2.05) is 22.6 Å². The molecule has 0 spiro atoms. The second-order valence-electron chi connectivity index (χ2n) is 10.8. The number of nitrogens with one attached hydrogen (secondary N) is 2. The van der Waals surface area contributed by atoms with Crippen LogP contribution in [0.1, 0.15) is 58.8 Å². The highest BCUT2D eigenvalue weighted by molar-refractivity contribution is 6.06. The van der Waals surface area contributed by atoms with Crippen LogP contribution in [0.25, 0.3) is 16.9 Å². The maximum Gasteiger partial charge on any atom is 0.254 e. The summed E-state index contributed by atoms with van der Waals surface area (Å²) < 4.78 is 35.1. The minimum Gasteiger partial charge on any atom is -0.381 e. The Kier molecular flexibility index (Phi) is 6.03. The fourth-order valence-electron chi connectivity index (χ4n) is 6.35. The van der Waals surface area contributed by atoms with E-state index in [-0.39, 0.29) is 17.6 Å². The van der Waals surface area contributed by atoms with Crippen LogP contribution < -0.4 is 10.6 Å². The Hall–Kier alpha value is -3.85. The number of anilines is 2. The largest absolute Gasteiger partial charge is 0.381 e. The number of hydrogen-bond acceptors (Lipinski definition) is 5. The second-order valence-corrected chi connectivity index (χ2v) is 10.8. The first-order chi connectivity index (χ1) is 19.0. The maximum absolute atomic E-state index is 13.9. The lowest BCUT2D eigenvalue weighted by Gasteiger charge is -2.19. The molecule has 1 saturated carbocycles. The molecule has 3 atom stereocenters. The van der Waals surface area contributed by atoms with Crippen molar-refractivity contribution in [1.29, 1.82) is 0 Å². The van der Waals surface area contributed by atoms with Crippen LogP contribution in [0.5, 0.6) is 0 Å². The number of ether oxygens (including phenoxy) is 1. The Balaban J connectivity index is 1.24. The second kappa shape index (κ2) is 9.72. The molecule has 1 aliphatic carbocycles. The quantitative estimate of drug-likeness (QED) is 0.335. The van der Waals surface area contributed by atoms with Gasteiger partial charge < -0.3 is 15.4 Å². The first kappa shape index (κ1) is 24.2. The zero-order chi connectivity index (χ0) is 26.5. The van der Waals surface area contributed by atoms with Gasteiger partial charge in [-0.15, -0.1) is 0 Å². The molecule has 3 aliphatic rings. The Morgan fingerprint density at radius 3 is 2.90 bits per heavy atom. The number of fused-ring (bicyclic) bond motifs is 2. The number of carbonyl (C=O) groups excluding carboxylic acids is 1. The molecule has 2 aliphatic heterocycles. The summed E-state index contributed by atoms with van der Waals surface area (Å²) in [5, 5.41) is 6.34. The number of alkyl halides is 1. The normalized spacial score (nSPS) is 22.4. The van der Waals surface area contributed by atoms with Crippen LogP contribution in [-0.4, -0.2) is 39.7 Å². The summed E-state index contributed by atoms with van der Waals surface area (Å²) >= 11 is 0. The van der Waals surface area contributed by atoms with Crippen molar-refractivity contribution in [2.45, 2.75) is 50.7 Å². The molecule has 5 heterocycles. The topological polar surface area (TPSA) is 80.6 Å². The van der Waals surface area contributed by atoms with Crippen molar-refractivity contribution in [2.24, 2.45) is 5.92 Å². The third-order valence-electron chi connectivity index (χ3n) is 8.32. The van der Waals surface area contributed by atoms with Gasteiger partial charge in [-0.25, -0.2) is 18.7 Å². The van der Waals surface area contributed by atoms with Gasteiger partial charge in [0.1, 0.15) is 23.5 Å². The molecule has 0 bridgehead atoms. The van der Waals surface area contributed by atoms with E-state index in [0.29, 0.717) is 54.6 Å². The molecular formula is C30H29F2N5O2. The highest BCUT2D eigenvalue weighted by atomic mass is 19.1. The Morgan fingerprint density at radius 2 is 2.08 bits per heavy atom. The van der Waals surface area contributed by atoms with Crippen molar-refractivity contribution < 1.29 is 18.3 Å². The summed E-state index contributed by atoms with van der Waals surface area (Å²) in [4.78, 5) is 22.3. The van der Waals surface area contributed by atoms with Crippen molar-refractivity contribution >= 4 is 23.1 Å². The highest BCUT2D eigenvalue weighted by Crippen LogP contribution is 2.37. The van der Waals surface area contributed by atoms with Gasteiger partial charge in [-0.3, -0.25) is 9.20 Å². The van der Waals surface area contributed by atoms with E-state index >= 15 is 0 Å². The lowest BCUT2D eigenvalue weighted by atomic mass is 9.91. The number of hydrogen-bond donors (Lipinski definition) is 2. The molecule has 3 aromatic heterocycles. The van der Waals surface area contributed by atoms with Crippen molar-refractivity contribution in [2.75, 3.05) is 18.5 Å². The number of benzene rings is 1. The van der Waals surface area contributed by atoms with Gasteiger partial charge in [-0.05, 0) is 67.3 Å². The minimum atomic E-state index is -0.721. The monoisotopic (exact) mass is 529 g/mol. The molecule has 4 aromatic rings. The van der Waals surface area contributed by atoms with E-state index in [1.165, 1.54) is 17.7 Å². The van der Waals surface area contributed by atoms with Crippen LogP contribution in [0, 0.1) is 11.7 Å². The number of nitrogens with zero attached hydrogens (tertiary/aromatic N) is 3. The Morgan fingerprint density at radius 1 is 1.15 bits per heavy atom. The molecular weight excluding hydrogens is 500 g/mol. The summed E-state index contributed by atoms with van der Waals surface area (Å²) in [6.45, 7) is 1.82. The lowest BCUT2D eigenvalue weighted by molar-refractivity contribution is 0.0966. The fourth-order valence-corrected chi connectivity index (χ4v) is 6.35. The lowest BCUT2D eigenvalue weighted by Crippen LogP contribution is -2.14. The Labute approximate surface area is 224 Å². The number of halogens is 2.